The lowest BCUT2D eigenvalue weighted by molar-refractivity contribution is -0.252. The van der Waals surface area contributed by atoms with Crippen LogP contribution in [0.1, 0.15) is 46.6 Å². The van der Waals surface area contributed by atoms with Crippen molar-refractivity contribution in [2.75, 3.05) is 27.2 Å². The number of likely N-dealkylation sites (N-methyl/N-ethyl adjacent to an activating group) is 1. The van der Waals surface area contributed by atoms with Gasteiger partial charge in [0.15, 0.2) is 6.29 Å². The number of urea groups is 1. The SMILES string of the molecule is C=CCN(C)C[C@H]1C[C@@H](c2ccc(CO)cc2)O[C@@H](c2cccc(-c3cccc(CNC(=O)N[C@@H](Cc4ccccc4)C(=O)OC)c3)c2)O1. The van der Waals surface area contributed by atoms with Crippen LogP contribution in [0.4, 0.5) is 4.79 Å². The van der Waals surface area contributed by atoms with Gasteiger partial charge in [-0.2, -0.15) is 0 Å². The fourth-order valence-electron chi connectivity index (χ4n) is 5.98. The maximum atomic E-state index is 12.8. The number of hydrogen-bond acceptors (Lipinski definition) is 7. The van der Waals surface area contributed by atoms with Crippen LogP contribution in [0, 0.1) is 0 Å². The Morgan fingerprint density at radius 3 is 2.35 bits per heavy atom. The standard InChI is InChI=1S/C40H45N3O6/c1-4-20-43(2)26-35-24-37(31-18-16-29(27-44)17-19-31)49-39(48-35)34-15-9-14-33(23-34)32-13-8-12-30(21-32)25-41-40(46)42-36(38(45)47-3)22-28-10-6-5-7-11-28/h4-19,21,23,35-37,39,44H,1,20,22,24-27H2,2-3H3,(H2,41,42,46)/t35-,36+,37+,39+/m1/s1. The number of nitrogens with zero attached hydrogens (tertiary/aromatic N) is 1. The van der Waals surface area contributed by atoms with E-state index in [9.17, 15) is 14.7 Å². The molecule has 2 amide bonds. The molecular formula is C40H45N3O6. The molecule has 0 radical (unpaired) electrons. The van der Waals surface area contributed by atoms with Crippen molar-refractivity contribution in [1.29, 1.82) is 0 Å². The normalized spacial score (nSPS) is 18.0. The first kappa shape index (κ1) is 35.5. The van der Waals surface area contributed by atoms with Crippen molar-refractivity contribution in [2.45, 2.75) is 50.5 Å². The van der Waals surface area contributed by atoms with Gasteiger partial charge < -0.3 is 34.9 Å². The largest absolute Gasteiger partial charge is 0.467 e. The smallest absolute Gasteiger partial charge is 0.328 e. The maximum absolute atomic E-state index is 12.8. The molecule has 1 fully saturated rings. The van der Waals surface area contributed by atoms with E-state index in [4.69, 9.17) is 14.2 Å². The zero-order valence-electron chi connectivity index (χ0n) is 28.1. The monoisotopic (exact) mass is 663 g/mol. The van der Waals surface area contributed by atoms with Gasteiger partial charge in [-0.05, 0) is 52.6 Å². The average molecular weight is 664 g/mol. The van der Waals surface area contributed by atoms with E-state index in [1.54, 1.807) is 0 Å². The van der Waals surface area contributed by atoms with Gasteiger partial charge in [-0.15, -0.1) is 6.58 Å². The first-order valence-electron chi connectivity index (χ1n) is 16.5. The number of benzene rings is 4. The molecule has 0 aliphatic carbocycles. The molecule has 4 aromatic carbocycles. The molecule has 49 heavy (non-hydrogen) atoms. The zero-order valence-corrected chi connectivity index (χ0v) is 28.1. The molecule has 1 aliphatic rings. The summed E-state index contributed by atoms with van der Waals surface area (Å²) < 4.78 is 18.0. The molecule has 9 heteroatoms. The van der Waals surface area contributed by atoms with Crippen LogP contribution in [-0.4, -0.2) is 61.4 Å². The second-order valence-electron chi connectivity index (χ2n) is 12.3. The van der Waals surface area contributed by atoms with Gasteiger partial charge in [0.2, 0.25) is 0 Å². The van der Waals surface area contributed by atoms with Crippen molar-refractivity contribution in [3.63, 3.8) is 0 Å². The Morgan fingerprint density at radius 2 is 1.63 bits per heavy atom. The van der Waals surface area contributed by atoms with E-state index in [0.29, 0.717) is 12.8 Å². The Kier molecular flexibility index (Phi) is 12.7. The van der Waals surface area contributed by atoms with Gasteiger partial charge in [0.1, 0.15) is 6.04 Å². The van der Waals surface area contributed by atoms with E-state index >= 15 is 0 Å². The summed E-state index contributed by atoms with van der Waals surface area (Å²) in [6.45, 7) is 5.61. The molecule has 5 rings (SSSR count). The van der Waals surface area contributed by atoms with Crippen molar-refractivity contribution in [3.8, 4) is 11.1 Å². The second-order valence-corrected chi connectivity index (χ2v) is 12.3. The topological polar surface area (TPSA) is 109 Å². The number of ether oxygens (including phenoxy) is 3. The minimum atomic E-state index is -0.813. The number of carbonyl (C=O) groups is 2. The van der Waals surface area contributed by atoms with Crippen LogP contribution in [0.5, 0.6) is 0 Å². The minimum absolute atomic E-state index is 0.00557. The molecule has 1 heterocycles. The van der Waals surface area contributed by atoms with Crippen LogP contribution in [0.3, 0.4) is 0 Å². The molecule has 1 aliphatic heterocycles. The summed E-state index contributed by atoms with van der Waals surface area (Å²) in [5, 5.41) is 15.1. The zero-order chi connectivity index (χ0) is 34.6. The predicted octanol–water partition coefficient (Wildman–Crippen LogP) is 6.09. The highest BCUT2D eigenvalue weighted by Crippen LogP contribution is 2.39. The number of aliphatic hydroxyl groups is 1. The molecule has 4 atom stereocenters. The van der Waals surface area contributed by atoms with Crippen molar-refractivity contribution >= 4 is 12.0 Å². The van der Waals surface area contributed by atoms with Gasteiger partial charge in [0.05, 0.1) is 25.9 Å². The summed E-state index contributed by atoms with van der Waals surface area (Å²) in [6, 6.07) is 32.2. The Hall–Kier alpha value is -4.80. The highest BCUT2D eigenvalue weighted by molar-refractivity contribution is 5.83. The van der Waals surface area contributed by atoms with Crippen molar-refractivity contribution in [2.24, 2.45) is 0 Å². The number of rotatable bonds is 14. The fraction of sp³-hybridized carbons (Fsp3) is 0.300. The number of hydrogen-bond donors (Lipinski definition) is 3. The lowest BCUT2D eigenvalue weighted by atomic mass is 9.98. The number of aliphatic hydroxyl groups excluding tert-OH is 1. The molecule has 256 valence electrons. The third-order valence-corrected chi connectivity index (χ3v) is 8.52. The first-order valence-corrected chi connectivity index (χ1v) is 16.5. The summed E-state index contributed by atoms with van der Waals surface area (Å²) in [6.07, 6.45) is 2.08. The maximum Gasteiger partial charge on any atom is 0.328 e. The van der Waals surface area contributed by atoms with Crippen LogP contribution in [0.2, 0.25) is 0 Å². The number of nitrogens with one attached hydrogen (secondary N) is 2. The fourth-order valence-corrected chi connectivity index (χ4v) is 5.98. The average Bonchev–Trinajstić information content (AvgIpc) is 3.14. The van der Waals surface area contributed by atoms with Gasteiger partial charge in [-0.3, -0.25) is 0 Å². The highest BCUT2D eigenvalue weighted by Gasteiger charge is 2.33. The highest BCUT2D eigenvalue weighted by atomic mass is 16.7. The second kappa shape index (κ2) is 17.6. The van der Waals surface area contributed by atoms with Crippen molar-refractivity contribution in [1.82, 2.24) is 15.5 Å². The number of amides is 2. The van der Waals surface area contributed by atoms with Crippen molar-refractivity contribution < 1.29 is 28.9 Å². The quantitative estimate of drug-likeness (QED) is 0.111. The van der Waals surface area contributed by atoms with Crippen LogP contribution in [-0.2, 0) is 38.6 Å². The van der Waals surface area contributed by atoms with Crippen LogP contribution < -0.4 is 10.6 Å². The first-order chi connectivity index (χ1) is 23.8. The van der Waals surface area contributed by atoms with Crippen LogP contribution in [0.15, 0.2) is 116 Å². The van der Waals surface area contributed by atoms with E-state index in [2.05, 4.69) is 35.2 Å². The lowest BCUT2D eigenvalue weighted by Gasteiger charge is -2.37. The van der Waals surface area contributed by atoms with E-state index in [-0.39, 0.29) is 25.4 Å². The predicted molar refractivity (Wildman–Crippen MR) is 189 cm³/mol. The van der Waals surface area contributed by atoms with Crippen molar-refractivity contribution in [3.05, 3.63) is 144 Å². The van der Waals surface area contributed by atoms with Gasteiger partial charge in [0.25, 0.3) is 0 Å². The summed E-state index contributed by atoms with van der Waals surface area (Å²) in [7, 11) is 3.36. The minimum Gasteiger partial charge on any atom is -0.467 e. The molecule has 0 saturated carbocycles. The number of methoxy groups -OCH3 is 1. The molecule has 0 aromatic heterocycles. The Labute approximate surface area is 288 Å². The summed E-state index contributed by atoms with van der Waals surface area (Å²) in [5.41, 5.74) is 6.58. The molecule has 0 bridgehead atoms. The van der Waals surface area contributed by atoms with Crippen LogP contribution in [0.25, 0.3) is 11.1 Å². The Bertz CT molecular complexity index is 1680. The summed E-state index contributed by atoms with van der Waals surface area (Å²) >= 11 is 0. The molecular weight excluding hydrogens is 618 g/mol. The third kappa shape index (κ3) is 10.1. The van der Waals surface area contributed by atoms with Crippen LogP contribution >= 0.6 is 0 Å². The van der Waals surface area contributed by atoms with Gasteiger partial charge in [-0.25, -0.2) is 9.59 Å². The molecule has 0 spiro atoms. The Morgan fingerprint density at radius 1 is 0.918 bits per heavy atom. The third-order valence-electron chi connectivity index (χ3n) is 8.52. The van der Waals surface area contributed by atoms with Gasteiger partial charge in [0, 0.05) is 38.0 Å². The Balaban J connectivity index is 1.27. The molecule has 4 aromatic rings. The number of carbonyl (C=O) groups excluding carboxylic acids is 2. The molecule has 0 unspecified atom stereocenters. The van der Waals surface area contributed by atoms with Gasteiger partial charge >= 0.3 is 12.0 Å². The lowest BCUT2D eigenvalue weighted by Crippen LogP contribution is -2.47. The molecule has 9 nitrogen and oxygen atoms in total. The van der Waals surface area contributed by atoms with Gasteiger partial charge in [-0.1, -0.05) is 97.1 Å². The van der Waals surface area contributed by atoms with E-state index in [1.165, 1.54) is 7.11 Å². The van der Waals surface area contributed by atoms with E-state index in [0.717, 1.165) is 52.0 Å². The summed E-state index contributed by atoms with van der Waals surface area (Å²) in [5.74, 6) is -0.507. The van der Waals surface area contributed by atoms with E-state index < -0.39 is 24.3 Å². The molecule has 1 saturated heterocycles. The summed E-state index contributed by atoms with van der Waals surface area (Å²) in [4.78, 5) is 27.4. The van der Waals surface area contributed by atoms with E-state index in [1.807, 2.05) is 103 Å². The number of esters is 1. The molecule has 3 N–H and O–H groups in total.